The van der Waals surface area contributed by atoms with Crippen molar-refractivity contribution in [3.63, 3.8) is 0 Å². The minimum atomic E-state index is -4.21. The van der Waals surface area contributed by atoms with Crippen LogP contribution >= 0.6 is 0 Å². The van der Waals surface area contributed by atoms with Gasteiger partial charge in [0.25, 0.3) is 10.1 Å². The van der Waals surface area contributed by atoms with Crippen molar-refractivity contribution < 1.29 is 13.0 Å². The van der Waals surface area contributed by atoms with Crippen LogP contribution in [0.5, 0.6) is 0 Å². The zero-order valence-corrected chi connectivity index (χ0v) is 19.3. The van der Waals surface area contributed by atoms with E-state index in [1.165, 1.54) is 32.1 Å². The summed E-state index contributed by atoms with van der Waals surface area (Å²) in [7, 11) is -6.33. The van der Waals surface area contributed by atoms with E-state index in [9.17, 15) is 13.0 Å². The van der Waals surface area contributed by atoms with Crippen molar-refractivity contribution in [3.8, 4) is 0 Å². The van der Waals surface area contributed by atoms with E-state index in [0.717, 1.165) is 23.2 Å². The molecule has 0 aliphatic heterocycles. The van der Waals surface area contributed by atoms with Crippen LogP contribution in [0.15, 0.2) is 23.1 Å². The van der Waals surface area contributed by atoms with E-state index >= 15 is 0 Å². The molecule has 0 aromatic heterocycles. The smallest absolute Gasteiger partial charge is 0.282 e. The number of aryl methyl sites for hydroxylation is 1. The van der Waals surface area contributed by atoms with Crippen molar-refractivity contribution in [1.82, 2.24) is 0 Å². The maximum absolute atomic E-state index is 12.1. The molecule has 0 unspecified atom stereocenters. The van der Waals surface area contributed by atoms with Gasteiger partial charge in [0.05, 0.1) is 13.0 Å². The highest BCUT2D eigenvalue weighted by molar-refractivity contribution is 7.86. The molecule has 0 saturated heterocycles. The highest BCUT2D eigenvalue weighted by Crippen LogP contribution is 2.38. The van der Waals surface area contributed by atoms with Crippen molar-refractivity contribution in [2.24, 2.45) is 0 Å². The molecule has 0 heterocycles. The van der Waals surface area contributed by atoms with Gasteiger partial charge >= 0.3 is 0 Å². The summed E-state index contributed by atoms with van der Waals surface area (Å²) in [6.07, 6.45) is 7.44. The lowest BCUT2D eigenvalue weighted by atomic mass is 10.1. The standard InChI is InChI=1S/C21H38O3SSi/c1-7-8-9-10-11-12-15-26(17(2)3,18(4)5)21-16-19(6)13-14-20(21)25(22,23)24/h13-14,16-18H,7-12,15H2,1-6H3,(H,22,23,24). The summed E-state index contributed by atoms with van der Waals surface area (Å²) >= 11 is 0. The number of unbranched alkanes of at least 4 members (excludes halogenated alkanes) is 5. The third-order valence-corrected chi connectivity index (χ3v) is 13.7. The molecule has 1 aromatic rings. The fraction of sp³-hybridized carbons (Fsp3) is 0.714. The Labute approximate surface area is 162 Å². The Hall–Kier alpha value is -0.653. The van der Waals surface area contributed by atoms with E-state index in [2.05, 4.69) is 34.6 Å². The van der Waals surface area contributed by atoms with Crippen LogP contribution in [0.3, 0.4) is 0 Å². The van der Waals surface area contributed by atoms with E-state index in [4.69, 9.17) is 0 Å². The normalized spacial score (nSPS) is 13.0. The van der Waals surface area contributed by atoms with Crippen LogP contribution in [0, 0.1) is 6.92 Å². The Balaban J connectivity index is 3.29. The topological polar surface area (TPSA) is 54.4 Å². The summed E-state index contributed by atoms with van der Waals surface area (Å²) in [6, 6.07) is 6.51. The van der Waals surface area contributed by atoms with Crippen LogP contribution in [-0.4, -0.2) is 21.0 Å². The van der Waals surface area contributed by atoms with E-state index < -0.39 is 18.2 Å². The second-order valence-corrected chi connectivity index (χ2v) is 15.2. The maximum Gasteiger partial charge on any atom is 0.294 e. The van der Waals surface area contributed by atoms with Crippen molar-refractivity contribution in [3.05, 3.63) is 23.8 Å². The average molecular weight is 399 g/mol. The lowest BCUT2D eigenvalue weighted by Crippen LogP contribution is -2.54. The number of rotatable bonds is 11. The molecular formula is C21H38O3SSi. The number of hydrogen-bond acceptors (Lipinski definition) is 2. The van der Waals surface area contributed by atoms with Gasteiger partial charge in [0.1, 0.15) is 0 Å². The fourth-order valence-electron chi connectivity index (χ4n) is 4.43. The van der Waals surface area contributed by atoms with Crippen LogP contribution in [0.25, 0.3) is 0 Å². The van der Waals surface area contributed by atoms with E-state index in [-0.39, 0.29) is 4.90 Å². The molecule has 0 aliphatic rings. The molecule has 0 spiro atoms. The average Bonchev–Trinajstić information content (AvgIpc) is 2.52. The minimum absolute atomic E-state index is 0.142. The van der Waals surface area contributed by atoms with E-state index in [0.29, 0.717) is 11.1 Å². The molecule has 150 valence electrons. The van der Waals surface area contributed by atoms with Gasteiger partial charge in [0.2, 0.25) is 0 Å². The molecule has 3 nitrogen and oxygen atoms in total. The Morgan fingerprint density at radius 3 is 2.00 bits per heavy atom. The van der Waals surface area contributed by atoms with E-state index in [1.807, 2.05) is 13.0 Å². The zero-order valence-electron chi connectivity index (χ0n) is 17.5. The molecule has 0 aliphatic carbocycles. The van der Waals surface area contributed by atoms with Gasteiger partial charge in [-0.25, -0.2) is 0 Å². The van der Waals surface area contributed by atoms with Crippen LogP contribution < -0.4 is 5.19 Å². The summed E-state index contributed by atoms with van der Waals surface area (Å²) in [6.45, 7) is 13.2. The molecule has 0 amide bonds. The van der Waals surface area contributed by atoms with Gasteiger partial charge in [-0.15, -0.1) is 0 Å². The molecule has 1 rings (SSSR count). The highest BCUT2D eigenvalue weighted by atomic mass is 32.2. The second kappa shape index (κ2) is 10.0. The van der Waals surface area contributed by atoms with Crippen molar-refractivity contribution in [2.75, 3.05) is 0 Å². The summed E-state index contributed by atoms with van der Waals surface area (Å²) in [5, 5.41) is 0.929. The first-order valence-electron chi connectivity index (χ1n) is 10.2. The van der Waals surface area contributed by atoms with Crippen molar-refractivity contribution >= 4 is 23.4 Å². The van der Waals surface area contributed by atoms with Gasteiger partial charge in [-0.3, -0.25) is 4.55 Å². The largest absolute Gasteiger partial charge is 0.294 e. The molecule has 1 aromatic carbocycles. The predicted molar refractivity (Wildman–Crippen MR) is 115 cm³/mol. The first kappa shape index (κ1) is 23.4. The molecule has 5 heteroatoms. The minimum Gasteiger partial charge on any atom is -0.282 e. The lowest BCUT2D eigenvalue weighted by molar-refractivity contribution is 0.483. The highest BCUT2D eigenvalue weighted by Gasteiger charge is 2.43. The van der Waals surface area contributed by atoms with Crippen LogP contribution in [-0.2, 0) is 10.1 Å². The molecule has 1 N–H and O–H groups in total. The van der Waals surface area contributed by atoms with Gasteiger partial charge in [-0.2, -0.15) is 8.42 Å². The fourth-order valence-corrected chi connectivity index (χ4v) is 11.8. The summed E-state index contributed by atoms with van der Waals surface area (Å²) in [4.78, 5) is 0.142. The molecular weight excluding hydrogens is 360 g/mol. The summed E-state index contributed by atoms with van der Waals surface area (Å²) < 4.78 is 34.0. The first-order chi connectivity index (χ1) is 12.1. The SMILES string of the molecule is CCCCCCCC[Si](c1cc(C)ccc1S(=O)(=O)O)(C(C)C)C(C)C. The monoisotopic (exact) mass is 398 g/mol. The predicted octanol–water partition coefficient (Wildman–Crippen LogP) is 6.08. The molecule has 0 fully saturated rings. The Morgan fingerprint density at radius 2 is 1.50 bits per heavy atom. The number of hydrogen-bond donors (Lipinski definition) is 1. The maximum atomic E-state index is 12.1. The molecule has 0 atom stereocenters. The van der Waals surface area contributed by atoms with Crippen LogP contribution in [0.4, 0.5) is 0 Å². The van der Waals surface area contributed by atoms with Gasteiger partial charge in [0.15, 0.2) is 0 Å². The summed E-state index contributed by atoms with van der Waals surface area (Å²) in [5.41, 5.74) is 1.90. The molecule has 0 saturated carbocycles. The van der Waals surface area contributed by atoms with Crippen LogP contribution in [0.2, 0.25) is 17.1 Å². The second-order valence-electron chi connectivity index (χ2n) is 8.34. The zero-order chi connectivity index (χ0) is 20.0. The molecule has 0 bridgehead atoms. The first-order valence-corrected chi connectivity index (χ1v) is 14.0. The Bertz CT molecular complexity index is 658. The van der Waals surface area contributed by atoms with Crippen molar-refractivity contribution in [2.45, 2.75) is 102 Å². The van der Waals surface area contributed by atoms with Gasteiger partial charge in [0, 0.05) is 0 Å². The lowest BCUT2D eigenvalue weighted by Gasteiger charge is -2.41. The van der Waals surface area contributed by atoms with Crippen molar-refractivity contribution in [1.29, 1.82) is 0 Å². The molecule has 26 heavy (non-hydrogen) atoms. The number of benzene rings is 1. The Kier molecular flexibility index (Phi) is 9.04. The third kappa shape index (κ3) is 5.67. The van der Waals surface area contributed by atoms with Gasteiger partial charge in [-0.05, 0) is 29.3 Å². The quantitative estimate of drug-likeness (QED) is 0.279. The van der Waals surface area contributed by atoms with E-state index in [1.54, 1.807) is 12.1 Å². The summed E-state index contributed by atoms with van der Waals surface area (Å²) in [5.74, 6) is 0. The third-order valence-electron chi connectivity index (χ3n) is 5.92. The van der Waals surface area contributed by atoms with Crippen LogP contribution in [0.1, 0.15) is 78.7 Å². The Morgan fingerprint density at radius 1 is 0.962 bits per heavy atom. The van der Waals surface area contributed by atoms with Gasteiger partial charge < -0.3 is 0 Å². The van der Waals surface area contributed by atoms with Gasteiger partial charge in [-0.1, -0.05) is 96.9 Å². The molecule has 0 radical (unpaired) electrons.